The largest absolute Gasteiger partial charge is 0.381 e. The number of rotatable bonds is 3. The zero-order valence-corrected chi connectivity index (χ0v) is 16.9. The van der Waals surface area contributed by atoms with Crippen molar-refractivity contribution in [3.63, 3.8) is 0 Å². The number of oxime groups is 1. The van der Waals surface area contributed by atoms with Gasteiger partial charge in [0.05, 0.1) is 11.6 Å². The highest BCUT2D eigenvalue weighted by atomic mass is 16.6. The fourth-order valence-corrected chi connectivity index (χ4v) is 4.67. The van der Waals surface area contributed by atoms with Crippen LogP contribution in [0, 0.1) is 20.8 Å². The van der Waals surface area contributed by atoms with Crippen molar-refractivity contribution in [1.82, 2.24) is 4.90 Å². The van der Waals surface area contributed by atoms with Crippen molar-refractivity contribution in [3.05, 3.63) is 70.3 Å². The Balaban J connectivity index is 1.77. The second-order valence-electron chi connectivity index (χ2n) is 8.04. The van der Waals surface area contributed by atoms with E-state index in [4.69, 9.17) is 4.84 Å². The molecule has 0 bridgehead atoms. The Morgan fingerprint density at radius 2 is 1.64 bits per heavy atom. The topological polar surface area (TPSA) is 41.9 Å². The maximum Gasteiger partial charge on any atom is 0.267 e. The van der Waals surface area contributed by atoms with E-state index in [2.05, 4.69) is 38.1 Å². The van der Waals surface area contributed by atoms with E-state index in [0.717, 1.165) is 37.2 Å². The Morgan fingerprint density at radius 3 is 2.29 bits per heavy atom. The van der Waals surface area contributed by atoms with Gasteiger partial charge in [-0.15, -0.1) is 0 Å². The minimum atomic E-state index is -0.589. The number of benzene rings is 2. The van der Waals surface area contributed by atoms with E-state index in [1.54, 1.807) is 0 Å². The predicted octanol–water partition coefficient (Wildman–Crippen LogP) is 4.51. The number of hydrogen-bond acceptors (Lipinski definition) is 3. The molecular formula is C24H28N2O2. The molecule has 146 valence electrons. The average molecular weight is 377 g/mol. The van der Waals surface area contributed by atoms with Crippen LogP contribution in [-0.2, 0) is 9.63 Å². The lowest BCUT2D eigenvalue weighted by molar-refractivity contribution is -0.143. The van der Waals surface area contributed by atoms with Gasteiger partial charge in [-0.05, 0) is 56.7 Å². The third-order valence-corrected chi connectivity index (χ3v) is 5.89. The summed E-state index contributed by atoms with van der Waals surface area (Å²) in [5.41, 5.74) is 6.64. The first kappa shape index (κ1) is 18.7. The van der Waals surface area contributed by atoms with Crippen molar-refractivity contribution in [2.24, 2.45) is 5.16 Å². The Bertz CT molecular complexity index is 875. The number of carbonyl (C=O) groups is 1. The van der Waals surface area contributed by atoms with Crippen molar-refractivity contribution in [2.45, 2.75) is 52.1 Å². The summed E-state index contributed by atoms with van der Waals surface area (Å²) in [6.07, 6.45) is 2.74. The van der Waals surface area contributed by atoms with E-state index >= 15 is 0 Å². The highest BCUT2D eigenvalue weighted by Crippen LogP contribution is 2.37. The lowest BCUT2D eigenvalue weighted by Crippen LogP contribution is -2.45. The fraction of sp³-hybridized carbons (Fsp3) is 0.417. The quantitative estimate of drug-likeness (QED) is 0.791. The van der Waals surface area contributed by atoms with E-state index in [9.17, 15) is 4.79 Å². The summed E-state index contributed by atoms with van der Waals surface area (Å²) in [4.78, 5) is 21.2. The molecule has 1 saturated heterocycles. The molecule has 0 radical (unpaired) electrons. The van der Waals surface area contributed by atoms with Crippen molar-refractivity contribution >= 4 is 11.6 Å². The average Bonchev–Trinajstić information content (AvgIpc) is 3.12. The molecule has 4 nitrogen and oxygen atoms in total. The lowest BCUT2D eigenvalue weighted by Gasteiger charge is -2.31. The molecule has 28 heavy (non-hydrogen) atoms. The summed E-state index contributed by atoms with van der Waals surface area (Å²) in [5.74, 6) is -0.115. The molecule has 2 aromatic carbocycles. The standard InChI is InChI=1S/C24H28N2O2/c1-16-14-17(2)20(18(3)15-16)21-22(19-10-6-4-7-11-19)25-28-23(21)24(27)26-12-8-5-9-13-26/h4,6-7,10-11,14-15,21,23H,5,8-9,12-13H2,1-3H3/t21-,23-/m1/s1. The maximum atomic E-state index is 13.4. The van der Waals surface area contributed by atoms with Gasteiger partial charge in [0.1, 0.15) is 0 Å². The molecule has 2 atom stereocenters. The summed E-state index contributed by atoms with van der Waals surface area (Å²) in [6.45, 7) is 7.99. The van der Waals surface area contributed by atoms with Gasteiger partial charge in [0.2, 0.25) is 6.10 Å². The van der Waals surface area contributed by atoms with Gasteiger partial charge in [0.15, 0.2) is 0 Å². The van der Waals surface area contributed by atoms with Crippen LogP contribution in [-0.4, -0.2) is 35.7 Å². The first-order chi connectivity index (χ1) is 13.6. The molecule has 1 fully saturated rings. The molecule has 0 N–H and O–H groups in total. The van der Waals surface area contributed by atoms with Gasteiger partial charge >= 0.3 is 0 Å². The normalized spacial score (nSPS) is 22.0. The first-order valence-electron chi connectivity index (χ1n) is 10.2. The summed E-state index contributed by atoms with van der Waals surface area (Å²) < 4.78 is 0. The van der Waals surface area contributed by atoms with Gasteiger partial charge in [-0.1, -0.05) is 53.2 Å². The summed E-state index contributed by atoms with van der Waals surface area (Å²) >= 11 is 0. The van der Waals surface area contributed by atoms with Gasteiger partial charge in [-0.25, -0.2) is 0 Å². The molecule has 0 aliphatic carbocycles. The molecule has 0 aromatic heterocycles. The summed E-state index contributed by atoms with van der Waals surface area (Å²) in [5, 5.41) is 4.43. The zero-order chi connectivity index (χ0) is 19.7. The second-order valence-corrected chi connectivity index (χ2v) is 8.04. The minimum absolute atomic E-state index is 0.0683. The van der Waals surface area contributed by atoms with Crippen LogP contribution in [0.25, 0.3) is 0 Å². The van der Waals surface area contributed by atoms with Crippen LogP contribution in [0.2, 0.25) is 0 Å². The Morgan fingerprint density at radius 1 is 1.00 bits per heavy atom. The van der Waals surface area contributed by atoms with Crippen LogP contribution in [0.5, 0.6) is 0 Å². The molecule has 2 aliphatic rings. The monoisotopic (exact) mass is 376 g/mol. The molecule has 2 heterocycles. The molecule has 0 spiro atoms. The van der Waals surface area contributed by atoms with Crippen LogP contribution in [0.3, 0.4) is 0 Å². The second kappa shape index (κ2) is 7.78. The van der Waals surface area contributed by atoms with Crippen LogP contribution in [0.1, 0.15) is 53.0 Å². The SMILES string of the molecule is Cc1cc(C)c([C@@H]2C(c3ccccc3)=NO[C@H]2C(=O)N2CCCCC2)c(C)c1. The first-order valence-corrected chi connectivity index (χ1v) is 10.2. The molecule has 4 rings (SSSR count). The van der Waals surface area contributed by atoms with Crippen molar-refractivity contribution in [1.29, 1.82) is 0 Å². The van der Waals surface area contributed by atoms with E-state index in [0.29, 0.717) is 0 Å². The van der Waals surface area contributed by atoms with Crippen molar-refractivity contribution in [2.75, 3.05) is 13.1 Å². The molecule has 2 aromatic rings. The van der Waals surface area contributed by atoms with Gasteiger partial charge in [-0.3, -0.25) is 4.79 Å². The van der Waals surface area contributed by atoms with E-state index in [1.165, 1.54) is 28.7 Å². The lowest BCUT2D eigenvalue weighted by atomic mass is 9.80. The molecular weight excluding hydrogens is 348 g/mol. The van der Waals surface area contributed by atoms with Crippen LogP contribution in [0.15, 0.2) is 47.6 Å². The van der Waals surface area contributed by atoms with Crippen molar-refractivity contribution < 1.29 is 9.63 Å². The van der Waals surface area contributed by atoms with E-state index in [-0.39, 0.29) is 11.8 Å². The molecule has 0 unspecified atom stereocenters. The highest BCUT2D eigenvalue weighted by molar-refractivity contribution is 6.09. The van der Waals surface area contributed by atoms with E-state index < -0.39 is 6.10 Å². The minimum Gasteiger partial charge on any atom is -0.381 e. The van der Waals surface area contributed by atoms with Gasteiger partial charge in [0.25, 0.3) is 5.91 Å². The van der Waals surface area contributed by atoms with Crippen molar-refractivity contribution in [3.8, 4) is 0 Å². The Labute approximate surface area is 167 Å². The molecule has 1 amide bonds. The number of likely N-dealkylation sites (tertiary alicyclic amines) is 1. The number of carbonyl (C=O) groups excluding carboxylic acids is 1. The van der Waals surface area contributed by atoms with Gasteiger partial charge < -0.3 is 9.74 Å². The number of hydrogen-bond donors (Lipinski definition) is 0. The molecule has 0 saturated carbocycles. The number of aryl methyl sites for hydroxylation is 3. The summed E-state index contributed by atoms with van der Waals surface area (Å²) in [7, 11) is 0. The summed E-state index contributed by atoms with van der Waals surface area (Å²) in [6, 6.07) is 14.5. The Hall–Kier alpha value is -2.62. The predicted molar refractivity (Wildman–Crippen MR) is 112 cm³/mol. The number of nitrogens with zero attached hydrogens (tertiary/aromatic N) is 2. The van der Waals surface area contributed by atoms with E-state index in [1.807, 2.05) is 35.2 Å². The van der Waals surface area contributed by atoms with Crippen LogP contribution >= 0.6 is 0 Å². The van der Waals surface area contributed by atoms with Crippen LogP contribution in [0.4, 0.5) is 0 Å². The highest BCUT2D eigenvalue weighted by Gasteiger charge is 2.44. The smallest absolute Gasteiger partial charge is 0.267 e. The third kappa shape index (κ3) is 3.44. The van der Waals surface area contributed by atoms with Gasteiger partial charge in [-0.2, -0.15) is 0 Å². The molecule has 4 heteroatoms. The maximum absolute atomic E-state index is 13.4. The number of piperidine rings is 1. The van der Waals surface area contributed by atoms with Crippen LogP contribution < -0.4 is 0 Å². The third-order valence-electron chi connectivity index (χ3n) is 5.89. The molecule has 2 aliphatic heterocycles. The Kier molecular flexibility index (Phi) is 5.21. The van der Waals surface area contributed by atoms with Gasteiger partial charge in [0, 0.05) is 18.7 Å². The fourth-order valence-electron chi connectivity index (χ4n) is 4.67. The number of amides is 1. The zero-order valence-electron chi connectivity index (χ0n) is 16.9.